The van der Waals surface area contributed by atoms with Gasteiger partial charge in [0.2, 0.25) is 0 Å². The fourth-order valence-electron chi connectivity index (χ4n) is 2.20. The van der Waals surface area contributed by atoms with Crippen molar-refractivity contribution in [3.8, 4) is 0 Å². The van der Waals surface area contributed by atoms with E-state index in [0.717, 1.165) is 23.1 Å². The highest BCUT2D eigenvalue weighted by atomic mass is 32.1. The minimum absolute atomic E-state index is 0.101. The Labute approximate surface area is 101 Å². The van der Waals surface area contributed by atoms with Crippen LogP contribution in [0.15, 0.2) is 6.20 Å². The predicted octanol–water partition coefficient (Wildman–Crippen LogP) is 1.17. The summed E-state index contributed by atoms with van der Waals surface area (Å²) in [5.74, 6) is 0. The lowest BCUT2D eigenvalue weighted by Gasteiger charge is -2.26. The van der Waals surface area contributed by atoms with Crippen LogP contribution in [0.4, 0.5) is 5.13 Å². The average molecular weight is 241 g/mol. The van der Waals surface area contributed by atoms with Crippen molar-refractivity contribution < 1.29 is 5.11 Å². The Kier molecular flexibility index (Phi) is 3.78. The van der Waals surface area contributed by atoms with Crippen LogP contribution in [0.2, 0.25) is 0 Å². The lowest BCUT2D eigenvalue weighted by atomic mass is 10.2. The predicted molar refractivity (Wildman–Crippen MR) is 67.0 cm³/mol. The quantitative estimate of drug-likeness (QED) is 0.859. The van der Waals surface area contributed by atoms with Crippen LogP contribution in [0.1, 0.15) is 17.7 Å². The van der Waals surface area contributed by atoms with E-state index >= 15 is 0 Å². The van der Waals surface area contributed by atoms with Crippen molar-refractivity contribution in [2.45, 2.75) is 25.5 Å². The molecule has 90 valence electrons. The first-order valence-electron chi connectivity index (χ1n) is 5.67. The fraction of sp³-hybridized carbons (Fsp3) is 0.727. The van der Waals surface area contributed by atoms with Crippen molar-refractivity contribution in [1.29, 1.82) is 0 Å². The van der Waals surface area contributed by atoms with Crippen LogP contribution in [-0.2, 0) is 6.61 Å². The van der Waals surface area contributed by atoms with Crippen molar-refractivity contribution in [3.63, 3.8) is 0 Å². The number of hydrogen-bond donors (Lipinski definition) is 1. The maximum Gasteiger partial charge on any atom is 0.185 e. The van der Waals surface area contributed by atoms with Gasteiger partial charge in [0.25, 0.3) is 0 Å². The van der Waals surface area contributed by atoms with Gasteiger partial charge in [-0.25, -0.2) is 4.98 Å². The van der Waals surface area contributed by atoms with Gasteiger partial charge in [-0.15, -0.1) is 0 Å². The van der Waals surface area contributed by atoms with Crippen LogP contribution < -0.4 is 4.90 Å². The van der Waals surface area contributed by atoms with E-state index in [1.807, 2.05) is 0 Å². The molecule has 1 fully saturated rings. The number of thiazole rings is 1. The van der Waals surface area contributed by atoms with Gasteiger partial charge in [0.15, 0.2) is 5.13 Å². The van der Waals surface area contributed by atoms with E-state index < -0.39 is 0 Å². The van der Waals surface area contributed by atoms with Crippen LogP contribution in [0.3, 0.4) is 0 Å². The van der Waals surface area contributed by atoms with Gasteiger partial charge in [-0.1, -0.05) is 11.3 Å². The Morgan fingerprint density at radius 2 is 2.44 bits per heavy atom. The van der Waals surface area contributed by atoms with Crippen LogP contribution in [0.25, 0.3) is 0 Å². The van der Waals surface area contributed by atoms with Crippen LogP contribution >= 0.6 is 11.3 Å². The Balaban J connectivity index is 2.07. The molecule has 2 heterocycles. The summed E-state index contributed by atoms with van der Waals surface area (Å²) in [5.41, 5.74) is 0. The lowest BCUT2D eigenvalue weighted by molar-refractivity contribution is 0.285. The molecule has 1 aromatic heterocycles. The monoisotopic (exact) mass is 241 g/mol. The van der Waals surface area contributed by atoms with E-state index in [4.69, 9.17) is 5.11 Å². The van der Waals surface area contributed by atoms with Gasteiger partial charge >= 0.3 is 0 Å². The SMILES string of the molecule is CN(C)CC1CCCN1c1ncc(CO)s1. The Bertz CT molecular complexity index is 340. The van der Waals surface area contributed by atoms with Gasteiger partial charge in [0, 0.05) is 25.3 Å². The van der Waals surface area contributed by atoms with E-state index in [2.05, 4.69) is 28.9 Å². The highest BCUT2D eigenvalue weighted by Crippen LogP contribution is 2.29. The summed E-state index contributed by atoms with van der Waals surface area (Å²) in [6.07, 6.45) is 4.27. The van der Waals surface area contributed by atoms with Crippen LogP contribution in [-0.4, -0.2) is 48.2 Å². The minimum atomic E-state index is 0.101. The summed E-state index contributed by atoms with van der Waals surface area (Å²) in [6, 6.07) is 0.577. The zero-order valence-corrected chi connectivity index (χ0v) is 10.7. The number of likely N-dealkylation sites (N-methyl/N-ethyl adjacent to an activating group) is 1. The van der Waals surface area contributed by atoms with Crippen molar-refractivity contribution >= 4 is 16.5 Å². The number of anilines is 1. The number of aliphatic hydroxyl groups is 1. The maximum atomic E-state index is 9.05. The normalized spacial score (nSPS) is 21.0. The van der Waals surface area contributed by atoms with Gasteiger partial charge in [-0.3, -0.25) is 0 Å². The molecule has 1 aliphatic rings. The van der Waals surface area contributed by atoms with Gasteiger partial charge in [-0.2, -0.15) is 0 Å². The van der Waals surface area contributed by atoms with E-state index in [9.17, 15) is 0 Å². The standard InChI is InChI=1S/C11H19N3OS/c1-13(2)7-9-4-3-5-14(9)11-12-6-10(8-15)16-11/h6,9,15H,3-5,7-8H2,1-2H3. The molecule has 1 aliphatic heterocycles. The second-order valence-electron chi connectivity index (χ2n) is 4.52. The van der Waals surface area contributed by atoms with Crippen LogP contribution in [0, 0.1) is 0 Å². The number of nitrogens with zero attached hydrogens (tertiary/aromatic N) is 3. The maximum absolute atomic E-state index is 9.05. The largest absolute Gasteiger partial charge is 0.391 e. The first-order valence-corrected chi connectivity index (χ1v) is 6.49. The summed E-state index contributed by atoms with van der Waals surface area (Å²) in [7, 11) is 4.22. The van der Waals surface area contributed by atoms with E-state index in [-0.39, 0.29) is 6.61 Å². The summed E-state index contributed by atoms with van der Waals surface area (Å²) >= 11 is 1.61. The smallest absolute Gasteiger partial charge is 0.185 e. The molecule has 0 aromatic carbocycles. The van der Waals surface area contributed by atoms with Crippen molar-refractivity contribution in [3.05, 3.63) is 11.1 Å². The van der Waals surface area contributed by atoms with Crippen molar-refractivity contribution in [1.82, 2.24) is 9.88 Å². The molecule has 1 aromatic rings. The first kappa shape index (κ1) is 11.8. The molecule has 1 unspecified atom stereocenters. The Hall–Kier alpha value is -0.650. The van der Waals surface area contributed by atoms with Gasteiger partial charge in [0.05, 0.1) is 11.5 Å². The molecule has 0 radical (unpaired) electrons. The molecule has 1 atom stereocenters. The minimum Gasteiger partial charge on any atom is -0.391 e. The highest BCUT2D eigenvalue weighted by Gasteiger charge is 2.26. The highest BCUT2D eigenvalue weighted by molar-refractivity contribution is 7.15. The molecule has 16 heavy (non-hydrogen) atoms. The van der Waals surface area contributed by atoms with Gasteiger partial charge < -0.3 is 14.9 Å². The van der Waals surface area contributed by atoms with E-state index in [1.54, 1.807) is 17.5 Å². The Morgan fingerprint density at radius 3 is 3.06 bits per heavy atom. The second kappa shape index (κ2) is 5.12. The van der Waals surface area contributed by atoms with E-state index in [0.29, 0.717) is 6.04 Å². The summed E-state index contributed by atoms with van der Waals surface area (Å²) in [5, 5.41) is 10.1. The summed E-state index contributed by atoms with van der Waals surface area (Å²) < 4.78 is 0. The summed E-state index contributed by atoms with van der Waals surface area (Å²) in [6.45, 7) is 2.27. The third-order valence-electron chi connectivity index (χ3n) is 2.90. The summed E-state index contributed by atoms with van der Waals surface area (Å²) in [4.78, 5) is 9.95. The number of hydrogen-bond acceptors (Lipinski definition) is 5. The van der Waals surface area contributed by atoms with E-state index in [1.165, 1.54) is 12.8 Å². The zero-order chi connectivity index (χ0) is 11.5. The third kappa shape index (κ3) is 2.53. The molecule has 0 aliphatic carbocycles. The average Bonchev–Trinajstić information content (AvgIpc) is 2.84. The van der Waals surface area contributed by atoms with Crippen molar-refractivity contribution in [2.75, 3.05) is 32.1 Å². The zero-order valence-electron chi connectivity index (χ0n) is 9.89. The molecule has 0 bridgehead atoms. The molecule has 0 spiro atoms. The second-order valence-corrected chi connectivity index (χ2v) is 5.61. The number of rotatable bonds is 4. The lowest BCUT2D eigenvalue weighted by Crippen LogP contribution is -2.37. The molecule has 1 saturated heterocycles. The molecule has 2 rings (SSSR count). The van der Waals surface area contributed by atoms with Gasteiger partial charge in [-0.05, 0) is 26.9 Å². The first-order chi connectivity index (χ1) is 7.70. The molecule has 4 nitrogen and oxygen atoms in total. The number of aliphatic hydroxyl groups excluding tert-OH is 1. The molecule has 0 amide bonds. The topological polar surface area (TPSA) is 39.6 Å². The number of aromatic nitrogens is 1. The molecule has 5 heteroatoms. The van der Waals surface area contributed by atoms with Crippen LogP contribution in [0.5, 0.6) is 0 Å². The molecule has 1 N–H and O–H groups in total. The molecular formula is C11H19N3OS. The molecular weight excluding hydrogens is 222 g/mol. The fourth-order valence-corrected chi connectivity index (χ4v) is 3.07. The van der Waals surface area contributed by atoms with Crippen molar-refractivity contribution in [2.24, 2.45) is 0 Å². The van der Waals surface area contributed by atoms with Gasteiger partial charge in [0.1, 0.15) is 0 Å². The Morgan fingerprint density at radius 1 is 1.62 bits per heavy atom. The third-order valence-corrected chi connectivity index (χ3v) is 3.92. The molecule has 0 saturated carbocycles.